The van der Waals surface area contributed by atoms with Crippen LogP contribution in [0.3, 0.4) is 0 Å². The molecular weight excluding hydrogens is 1170 g/mol. The third kappa shape index (κ3) is 10.9. The summed E-state index contributed by atoms with van der Waals surface area (Å²) < 4.78 is 107. The van der Waals surface area contributed by atoms with Gasteiger partial charge in [-0.2, -0.15) is 31.4 Å². The maximum Gasteiger partial charge on any atom is 0.435 e. The normalized spacial score (nSPS) is 17.8. The Labute approximate surface area is 501 Å². The zero-order valence-electron chi connectivity index (χ0n) is 48.9. The lowest BCUT2D eigenvalue weighted by molar-refractivity contribution is -0.188. The monoisotopic (exact) mass is 1230 g/mol. The first-order valence-electron chi connectivity index (χ1n) is 28.2. The molecule has 0 spiro atoms. The molecule has 2 aromatic carbocycles. The van der Waals surface area contributed by atoms with Gasteiger partial charge >= 0.3 is 12.4 Å². The molecule has 3 unspecified atom stereocenters. The first-order valence-corrected chi connectivity index (χ1v) is 28.9. The predicted molar refractivity (Wildman–Crippen MR) is 310 cm³/mol. The summed E-state index contributed by atoms with van der Waals surface area (Å²) in [5, 5.41) is 34.6. The zero-order chi connectivity index (χ0) is 61.5. The molecule has 1 aliphatic carbocycles. The Morgan fingerprint density at radius 3 is 1.55 bits per heavy atom. The van der Waals surface area contributed by atoms with E-state index in [4.69, 9.17) is 42.6 Å². The van der Waals surface area contributed by atoms with Gasteiger partial charge in [0.1, 0.15) is 23.3 Å². The number of aryl methyl sites for hydroxylation is 4. The lowest BCUT2D eigenvalue weighted by Crippen LogP contribution is -2.43. The molecule has 11 rings (SSSR count). The number of alkyl halides is 6. The van der Waals surface area contributed by atoms with Crippen molar-refractivity contribution in [3.8, 4) is 11.8 Å². The molecular formula is C60H66Cl2F6N14O4. The van der Waals surface area contributed by atoms with Gasteiger partial charge in [-0.25, -0.2) is 29.9 Å². The molecule has 3 N–H and O–H groups in total. The molecule has 7 aromatic heterocycles. The van der Waals surface area contributed by atoms with Gasteiger partial charge in [0.2, 0.25) is 11.8 Å². The molecule has 18 nitrogen and oxygen atoms in total. The number of rotatable bonds is 16. The van der Waals surface area contributed by atoms with E-state index in [2.05, 4.69) is 35.3 Å². The van der Waals surface area contributed by atoms with Crippen LogP contribution in [-0.2, 0) is 58.7 Å². The number of imidazole rings is 4. The van der Waals surface area contributed by atoms with E-state index in [1.165, 1.54) is 18.0 Å². The fraction of sp³-hybridized carbons (Fsp3) is 0.450. The topological polar surface area (TPSA) is 189 Å². The van der Waals surface area contributed by atoms with Crippen LogP contribution in [0.25, 0.3) is 21.8 Å². The number of hydrogen-bond donors (Lipinski definition) is 3. The van der Waals surface area contributed by atoms with E-state index in [9.17, 15) is 23.4 Å². The standard InChI is InChI=1S/C60H66Cl2F6N14O4/c1-32-69-26-49(77(32)5)57(83,50-27-70-33(2)78(50)6)37-10-12-46-42(23-37)53(61)44(55(74-46)85-9)25-73-40-21-36(20-39(22-40)59(63,64)65)31-86-56-45(30-81-17-14-41(15-18-81)82-19-16-48(76-82)60(66,67)68)54(62)43-24-38(11-13-47(43)75-56)58(84,51-28-71-34(3)79(51)7)52-29-72-35(4)80(52)8/h10-13,16,19,23-24,26-29,36,39-41,73,83-84H,14-15,17-18,20-22,25,30-31H2,1-9H3. The lowest BCUT2D eigenvalue weighted by Gasteiger charge is -2.36. The number of fused-ring (bicyclic) bond motifs is 2. The van der Waals surface area contributed by atoms with Crippen molar-refractivity contribution in [3.05, 3.63) is 158 Å². The molecule has 8 heterocycles. The van der Waals surface area contributed by atoms with Gasteiger partial charge in [0.15, 0.2) is 16.9 Å². The van der Waals surface area contributed by atoms with Crippen LogP contribution in [0.1, 0.15) is 112 Å². The molecule has 456 valence electrons. The third-order valence-electron chi connectivity index (χ3n) is 17.9. The van der Waals surface area contributed by atoms with Crippen LogP contribution in [0.2, 0.25) is 10.0 Å². The van der Waals surface area contributed by atoms with Crippen molar-refractivity contribution in [1.82, 2.24) is 68.2 Å². The highest BCUT2D eigenvalue weighted by Gasteiger charge is 2.46. The number of halogens is 8. The van der Waals surface area contributed by atoms with Crippen LogP contribution in [0.4, 0.5) is 26.3 Å². The quantitative estimate of drug-likeness (QED) is 0.0776. The first kappa shape index (κ1) is 60.6. The summed E-state index contributed by atoms with van der Waals surface area (Å²) in [6, 6.07) is 10.4. The fourth-order valence-corrected chi connectivity index (χ4v) is 13.0. The lowest BCUT2D eigenvalue weighted by atomic mass is 9.78. The smallest absolute Gasteiger partial charge is 0.435 e. The van der Waals surface area contributed by atoms with Crippen molar-refractivity contribution in [2.24, 2.45) is 40.0 Å². The van der Waals surface area contributed by atoms with Crippen LogP contribution in [-0.4, -0.2) is 112 Å². The molecule has 0 amide bonds. The highest BCUT2D eigenvalue weighted by molar-refractivity contribution is 6.36. The first-order chi connectivity index (χ1) is 40.7. The fourth-order valence-electron chi connectivity index (χ4n) is 12.4. The Morgan fingerprint density at radius 1 is 0.640 bits per heavy atom. The summed E-state index contributed by atoms with van der Waals surface area (Å²) in [5.74, 6) is 0.606. The molecule has 2 aliphatic rings. The average molecular weight is 1230 g/mol. The molecule has 86 heavy (non-hydrogen) atoms. The van der Waals surface area contributed by atoms with Gasteiger partial charge in [0, 0.05) is 88.5 Å². The number of benzene rings is 2. The second-order valence-corrected chi connectivity index (χ2v) is 23.6. The van der Waals surface area contributed by atoms with E-state index in [1.54, 1.807) is 93.5 Å². The van der Waals surface area contributed by atoms with Gasteiger partial charge in [-0.3, -0.25) is 9.58 Å². The Morgan fingerprint density at radius 2 is 1.12 bits per heavy atom. The van der Waals surface area contributed by atoms with E-state index in [1.807, 2.05) is 41.8 Å². The number of likely N-dealkylation sites (tertiary alicyclic amines) is 1. The van der Waals surface area contributed by atoms with Gasteiger partial charge in [0.25, 0.3) is 0 Å². The molecule has 26 heteroatoms. The van der Waals surface area contributed by atoms with Crippen LogP contribution in [0.15, 0.2) is 73.4 Å². The number of hydrogen-bond acceptors (Lipinski definition) is 13. The third-order valence-corrected chi connectivity index (χ3v) is 18.7. The predicted octanol–water partition coefficient (Wildman–Crippen LogP) is 10.4. The van der Waals surface area contributed by atoms with E-state index in [0.717, 1.165) is 6.07 Å². The molecule has 1 saturated heterocycles. The van der Waals surface area contributed by atoms with Gasteiger partial charge in [-0.05, 0) is 107 Å². The summed E-state index contributed by atoms with van der Waals surface area (Å²) in [5.41, 5.74) is -0.0611. The minimum Gasteiger partial charge on any atom is -0.481 e. The molecule has 3 atom stereocenters. The van der Waals surface area contributed by atoms with E-state index >= 15 is 13.2 Å². The summed E-state index contributed by atoms with van der Waals surface area (Å²) in [4.78, 5) is 29.8. The zero-order valence-corrected chi connectivity index (χ0v) is 50.4. The van der Waals surface area contributed by atoms with Gasteiger partial charge in [0.05, 0.1) is 94.3 Å². The molecule has 2 fully saturated rings. The van der Waals surface area contributed by atoms with Crippen molar-refractivity contribution in [2.45, 2.75) is 109 Å². The largest absolute Gasteiger partial charge is 0.481 e. The van der Waals surface area contributed by atoms with E-state index in [0.29, 0.717) is 116 Å². The van der Waals surface area contributed by atoms with Crippen LogP contribution < -0.4 is 14.8 Å². The second kappa shape index (κ2) is 22.9. The van der Waals surface area contributed by atoms with E-state index in [-0.39, 0.29) is 66.8 Å². The van der Waals surface area contributed by atoms with Crippen LogP contribution in [0.5, 0.6) is 11.8 Å². The van der Waals surface area contributed by atoms with Crippen molar-refractivity contribution in [3.63, 3.8) is 0 Å². The Bertz CT molecular complexity index is 3920. The number of aliphatic hydroxyl groups is 2. The SMILES string of the molecule is COc1nc2ccc(C(O)(c3cnc(C)n3C)c3cnc(C)n3C)cc2c(Cl)c1CNC1CC(COc2nc3ccc(C(O)(c4cnc(C)n4C)c4cnc(C)n4C)cc3c(Cl)c2CN2CCC(n3ccc(C(F)(F)F)n3)CC2)CC(C(F)(F)F)C1. The minimum atomic E-state index is -4.59. The Hall–Kier alpha value is -7.09. The summed E-state index contributed by atoms with van der Waals surface area (Å²) >= 11 is 14.8. The number of piperidine rings is 1. The number of pyridine rings is 2. The average Bonchev–Trinajstić information content (AvgIpc) is 1.50. The molecule has 0 radical (unpaired) electrons. The van der Waals surface area contributed by atoms with E-state index < -0.39 is 47.1 Å². The summed E-state index contributed by atoms with van der Waals surface area (Å²) in [6.07, 6.45) is -0.606. The summed E-state index contributed by atoms with van der Waals surface area (Å²) in [6.45, 7) is 8.16. The molecule has 1 saturated carbocycles. The number of ether oxygens (including phenoxy) is 2. The second-order valence-electron chi connectivity index (χ2n) is 22.9. The summed E-state index contributed by atoms with van der Waals surface area (Å²) in [7, 11) is 8.67. The van der Waals surface area contributed by atoms with Crippen LogP contribution >= 0.6 is 23.2 Å². The van der Waals surface area contributed by atoms with Crippen molar-refractivity contribution < 1.29 is 46.0 Å². The van der Waals surface area contributed by atoms with Crippen LogP contribution in [0, 0.1) is 39.5 Å². The maximum absolute atomic E-state index is 15.1. The highest BCUT2D eigenvalue weighted by Crippen LogP contribution is 2.46. The Balaban J connectivity index is 0.899. The minimum absolute atomic E-state index is 0.0196. The molecule has 0 bridgehead atoms. The van der Waals surface area contributed by atoms with Crippen molar-refractivity contribution in [2.75, 3.05) is 26.8 Å². The van der Waals surface area contributed by atoms with Gasteiger partial charge in [-0.15, -0.1) is 0 Å². The number of nitrogens with one attached hydrogen (secondary N) is 1. The Kier molecular flexibility index (Phi) is 16.1. The van der Waals surface area contributed by atoms with Gasteiger partial charge in [-0.1, -0.05) is 35.3 Å². The van der Waals surface area contributed by atoms with Crippen molar-refractivity contribution >= 4 is 45.0 Å². The molecule has 1 aliphatic heterocycles. The highest BCUT2D eigenvalue weighted by atomic mass is 35.5. The maximum atomic E-state index is 15.1. The number of nitrogens with zero attached hydrogens (tertiary/aromatic N) is 13. The number of methoxy groups -OCH3 is 1. The van der Waals surface area contributed by atoms with Gasteiger partial charge < -0.3 is 43.3 Å². The number of aromatic nitrogens is 12. The van der Waals surface area contributed by atoms with Crippen molar-refractivity contribution in [1.29, 1.82) is 0 Å². The molecule has 9 aromatic rings.